The zero-order valence-corrected chi connectivity index (χ0v) is 81.2. The molecular formula is C91H124N18O26. The van der Waals surface area contributed by atoms with Crippen LogP contribution in [0.1, 0.15) is 169 Å². The number of aromatic hydroxyl groups is 1. The molecule has 12 rings (SSSR count). The third-order valence-corrected chi connectivity index (χ3v) is 22.5. The first-order valence-electron chi connectivity index (χ1n) is 43.4. The molecule has 12 heterocycles. The molecule has 0 saturated carbocycles. The van der Waals surface area contributed by atoms with E-state index in [9.17, 15) is 96.2 Å². The Morgan fingerprint density at radius 1 is 0.415 bits per heavy atom. The summed E-state index contributed by atoms with van der Waals surface area (Å²) in [5.74, 6) is -4.91. The fraction of sp³-hybridized carbons (Fsp3) is 0.516. The van der Waals surface area contributed by atoms with E-state index in [0.717, 1.165) is 73.9 Å². The molecule has 0 radical (unpaired) electrons. The first-order chi connectivity index (χ1) is 62.6. The summed E-state index contributed by atoms with van der Waals surface area (Å²) in [6.45, 7) is 41.5. The minimum Gasteiger partial charge on any atom is -0.494 e. The molecule has 11 aliphatic heterocycles. The van der Waals surface area contributed by atoms with Crippen molar-refractivity contribution < 1.29 is 115 Å². The maximum atomic E-state index is 13.2. The Morgan fingerprint density at radius 3 is 1.13 bits per heavy atom. The van der Waals surface area contributed by atoms with E-state index in [1.54, 1.807) is 28.0 Å². The number of imide groups is 10. The average Bonchev–Trinajstić information content (AvgIpc) is 1.20. The second-order valence-corrected chi connectivity index (χ2v) is 37.3. The number of carbonyl (C=O) groups is 17. The Labute approximate surface area is 781 Å². The number of unbranched alkanes of at least 4 members (excludes halogenated alkanes) is 1. The highest BCUT2D eigenvalue weighted by molar-refractivity contribution is 6.32. The van der Waals surface area contributed by atoms with E-state index in [2.05, 4.69) is 37.6 Å². The minimum absolute atomic E-state index is 0.0150. The largest absolute Gasteiger partial charge is 0.494 e. The molecule has 1 atom stereocenters. The number of likely N-dealkylation sites (N-methyl/N-ethyl adjacent to an activating group) is 6. The topological polar surface area (TPSA) is 524 Å². The van der Waals surface area contributed by atoms with Gasteiger partial charge in [0, 0.05) is 79.8 Å². The number of allylic oxidation sites excluding steroid dienone is 10. The van der Waals surface area contributed by atoms with Gasteiger partial charge in [0.15, 0.2) is 29.4 Å². The van der Waals surface area contributed by atoms with Crippen molar-refractivity contribution in [3.8, 4) is 5.88 Å². The van der Waals surface area contributed by atoms with Crippen LogP contribution in [0.5, 0.6) is 5.88 Å². The Morgan fingerprint density at radius 2 is 0.763 bits per heavy atom. The molecule has 734 valence electrons. The van der Waals surface area contributed by atoms with Crippen LogP contribution in [0, 0.1) is 11.3 Å². The predicted molar refractivity (Wildman–Crippen MR) is 487 cm³/mol. The maximum absolute atomic E-state index is 13.2. The van der Waals surface area contributed by atoms with Crippen LogP contribution in [0.3, 0.4) is 0 Å². The normalized spacial score (nSPS) is 22.0. The molecule has 22 amide bonds. The summed E-state index contributed by atoms with van der Waals surface area (Å²) in [5.41, 5.74) is -4.25. The second-order valence-electron chi connectivity index (χ2n) is 37.3. The molecular weight excluding hydrogens is 1760 g/mol. The number of barbiturate groups is 5. The quantitative estimate of drug-likeness (QED) is 0.0906. The van der Waals surface area contributed by atoms with Crippen molar-refractivity contribution in [3.05, 3.63) is 151 Å². The van der Waals surface area contributed by atoms with Crippen LogP contribution >= 0.6 is 0 Å². The number of aliphatic imine (C=N–C) groups is 1. The van der Waals surface area contributed by atoms with E-state index in [-0.39, 0.29) is 85.1 Å². The molecule has 11 aliphatic rings. The van der Waals surface area contributed by atoms with Crippen molar-refractivity contribution in [2.45, 2.75) is 197 Å². The minimum atomic E-state index is -0.810. The van der Waals surface area contributed by atoms with E-state index in [1.807, 2.05) is 153 Å². The zero-order chi connectivity index (χ0) is 102. The summed E-state index contributed by atoms with van der Waals surface area (Å²) in [6.07, 6.45) is 21.7. The predicted octanol–water partition coefficient (Wildman–Crippen LogP) is 4.91. The number of ether oxygens (including phenoxy) is 6. The molecule has 7 N–H and O–H groups in total. The van der Waals surface area contributed by atoms with Crippen molar-refractivity contribution in [3.63, 3.8) is 0 Å². The van der Waals surface area contributed by atoms with Crippen molar-refractivity contribution in [2.75, 3.05) is 88.0 Å². The molecule has 44 heteroatoms. The number of aromatic nitrogens is 2. The van der Waals surface area contributed by atoms with Crippen LogP contribution in [-0.4, -0.2) is 286 Å². The van der Waals surface area contributed by atoms with Gasteiger partial charge in [-0.25, -0.2) is 33.8 Å². The summed E-state index contributed by atoms with van der Waals surface area (Å²) in [4.78, 5) is 241. The van der Waals surface area contributed by atoms with E-state index in [1.165, 1.54) is 97.0 Å². The number of urea groups is 5. The van der Waals surface area contributed by atoms with Gasteiger partial charge < -0.3 is 48.2 Å². The standard InChI is InChI=1S/C21H31N3O5.C18H25N3O5.C14H19N3O4.2C13H17N3O4.C12H15N3O4/c1-7-9-10-14(8-2)17(25)24-16(29-13-21(24,3)4)12-11-15-18(26)22(5)20(28)23(6)19(15)27;1-17(2,3)15(24)21-12(26-10-18(21,4)5)9-8-11-13(22)19(6)16(25)20(7)14(11)23;1-4-7-17-10(21-8-14(17,2)3)6-5-9-11(18)15-13(20)16-12(9)19;1-13(2)7-20-9(14-13)6-5-8-10(17)15(3)12(19)16(4)11(8)18;1-4-16-9(20-7-13(16,2)3)6-5-8-10(17)14-12(19)15-11(8)18;1-12(2)6-19-8(15(12)3)5-4-7-9(16)13-11(18)14-10(7)17/h11-12,14H,7-10,13H2,1-6H3;8-9H,10H2,1-7H3;5-6H,4,7-8H2,1-3H3,(H2,15,16,18,19,20);5-6,17H,7H2,1-4H3;5-6H,4,7H2,1-3H3,(H2,14,15,17,18,19);4-5H,6H2,1-3H3,(H2,13,14,16,17,18)/b16-12-;12-9-;10-6-;;9-6-;8-5-. The monoisotopic (exact) mass is 1880 g/mol. The fourth-order valence-corrected chi connectivity index (χ4v) is 14.2. The number of nitrogens with one attached hydrogen (secondary N) is 6. The van der Waals surface area contributed by atoms with Gasteiger partial charge in [-0.05, 0) is 176 Å². The van der Waals surface area contributed by atoms with Gasteiger partial charge in [0.1, 0.15) is 73.1 Å². The Bertz CT molecular complexity index is 5430. The van der Waals surface area contributed by atoms with Crippen LogP contribution in [0.2, 0.25) is 0 Å². The molecule has 44 nitrogen and oxygen atoms in total. The van der Waals surface area contributed by atoms with E-state index >= 15 is 0 Å². The van der Waals surface area contributed by atoms with Gasteiger partial charge in [0.2, 0.25) is 23.6 Å². The Kier molecular flexibility index (Phi) is 34.3. The SMILES string of the molecule is CCCCC(CC)C(=O)N1/C(=C/C=C2C(=O)N(C)C(=O)N(C)C2=O)OCC1(C)C.CCCN1/C(=C/C=C2C(=O)NC(=O)NC2=O)OCC1(C)C.CCN1/C(=C/C=C2C(=O)NC(=O)NC2=O)OCC1(C)C.CN1/C(=C/C=C2C(=O)NC(=O)NC2=O)OCC1(C)C.CN1C(=O)C(=C/C=C2\OCC(C)(C)N2C(=O)C(C)(C)C)C(=O)N(C)C1=O.Cn1c(O)c(C=CC2=NC(C)(C)CO2)c(=O)n(C)c1=O. The third-order valence-electron chi connectivity index (χ3n) is 22.5. The van der Waals surface area contributed by atoms with Gasteiger partial charge in [0.05, 0.1) is 33.2 Å². The lowest BCUT2D eigenvalue weighted by atomic mass is 9.92. The van der Waals surface area contributed by atoms with Crippen LogP contribution in [0.15, 0.2) is 139 Å². The number of amides is 22. The number of hydrogen-bond donors (Lipinski definition) is 7. The molecule has 0 aromatic carbocycles. The third kappa shape index (κ3) is 25.3. The Hall–Kier alpha value is -14.5. The van der Waals surface area contributed by atoms with E-state index < -0.39 is 117 Å². The van der Waals surface area contributed by atoms with Crippen molar-refractivity contribution in [1.29, 1.82) is 0 Å². The molecule has 10 fully saturated rings. The molecule has 1 aromatic heterocycles. The highest BCUT2D eigenvalue weighted by atomic mass is 16.5. The van der Waals surface area contributed by atoms with E-state index in [0.29, 0.717) is 69.1 Å². The Balaban J connectivity index is 0.000000222. The van der Waals surface area contributed by atoms with Crippen LogP contribution in [0.4, 0.5) is 24.0 Å². The van der Waals surface area contributed by atoms with Gasteiger partial charge >= 0.3 is 35.8 Å². The molecule has 135 heavy (non-hydrogen) atoms. The summed E-state index contributed by atoms with van der Waals surface area (Å²) < 4.78 is 35.3. The maximum Gasteiger partial charge on any atom is 0.333 e. The molecule has 0 spiro atoms. The number of hydrogen-bond acceptors (Lipinski definition) is 30. The number of carbonyl (C=O) groups excluding carboxylic acids is 17. The van der Waals surface area contributed by atoms with Crippen molar-refractivity contribution >= 4 is 113 Å². The van der Waals surface area contributed by atoms with Crippen molar-refractivity contribution in [2.24, 2.45) is 30.4 Å². The smallest absolute Gasteiger partial charge is 0.333 e. The van der Waals surface area contributed by atoms with Gasteiger partial charge in [-0.15, -0.1) is 0 Å². The van der Waals surface area contributed by atoms with Gasteiger partial charge in [-0.3, -0.25) is 133 Å². The number of nitrogens with zero attached hydrogens (tertiary/aromatic N) is 12. The summed E-state index contributed by atoms with van der Waals surface area (Å²) >= 11 is 0. The van der Waals surface area contributed by atoms with Gasteiger partial charge in [0.25, 0.3) is 64.6 Å². The average molecular weight is 1890 g/mol. The summed E-state index contributed by atoms with van der Waals surface area (Å²) in [7, 11) is 9.86. The fourth-order valence-electron chi connectivity index (χ4n) is 14.2. The zero-order valence-electron chi connectivity index (χ0n) is 81.2. The van der Waals surface area contributed by atoms with E-state index in [4.69, 9.17) is 28.4 Å². The molecule has 1 unspecified atom stereocenters. The molecule has 10 saturated heterocycles. The lowest BCUT2D eigenvalue weighted by molar-refractivity contribution is -0.141. The highest BCUT2D eigenvalue weighted by Crippen LogP contribution is 2.38. The van der Waals surface area contributed by atoms with Gasteiger partial charge in [-0.2, -0.15) is 0 Å². The second kappa shape index (κ2) is 43.0. The lowest BCUT2D eigenvalue weighted by Crippen LogP contribution is -2.53. The first-order valence-corrected chi connectivity index (χ1v) is 43.4. The summed E-state index contributed by atoms with van der Waals surface area (Å²) in [6, 6.07) is -3.79. The van der Waals surface area contributed by atoms with Crippen LogP contribution in [-0.2, 0) is 100 Å². The lowest BCUT2D eigenvalue weighted by Gasteiger charge is -2.33. The highest BCUT2D eigenvalue weighted by Gasteiger charge is 2.48. The molecule has 1 aromatic rings. The van der Waals surface area contributed by atoms with Crippen LogP contribution < -0.4 is 43.1 Å². The first kappa shape index (κ1) is 108. The summed E-state index contributed by atoms with van der Waals surface area (Å²) in [5, 5.41) is 22.0. The molecule has 0 aliphatic carbocycles. The van der Waals surface area contributed by atoms with Crippen molar-refractivity contribution in [1.82, 2.24) is 85.1 Å². The number of rotatable bonds is 15. The molecule has 0 bridgehead atoms. The van der Waals surface area contributed by atoms with Gasteiger partial charge in [-0.1, -0.05) is 54.4 Å². The van der Waals surface area contributed by atoms with Crippen LogP contribution in [0.25, 0.3) is 6.08 Å².